The number of aliphatic hydroxyl groups is 1. The fourth-order valence-electron chi connectivity index (χ4n) is 3.76. The zero-order chi connectivity index (χ0) is 26.1. The van der Waals surface area contributed by atoms with Gasteiger partial charge in [0.25, 0.3) is 0 Å². The molecule has 35 heavy (non-hydrogen) atoms. The van der Waals surface area contributed by atoms with Crippen molar-refractivity contribution in [1.82, 2.24) is 10.9 Å². The number of nitrogens with zero attached hydrogens (tertiary/aromatic N) is 2. The van der Waals surface area contributed by atoms with Gasteiger partial charge in [0.15, 0.2) is 0 Å². The van der Waals surface area contributed by atoms with Gasteiger partial charge >= 0.3 is 0 Å². The molecule has 8 heteroatoms. The average molecular weight is 483 g/mol. The minimum atomic E-state index is 0.552. The predicted molar refractivity (Wildman–Crippen MR) is 142 cm³/mol. The summed E-state index contributed by atoms with van der Waals surface area (Å²) < 4.78 is 0. The zero-order valence-electron chi connectivity index (χ0n) is 20.8. The van der Waals surface area contributed by atoms with E-state index in [1.165, 1.54) is 0 Å². The smallest absolute Gasteiger partial charge is 0.150 e. The number of hydrogen-bond acceptors (Lipinski definition) is 8. The molecule has 0 radical (unpaired) electrons. The van der Waals surface area contributed by atoms with Gasteiger partial charge < -0.3 is 25.1 Å². The minimum absolute atomic E-state index is 0.552. The molecular formula is C27H38N4O4. The number of benzene rings is 2. The van der Waals surface area contributed by atoms with Crippen LogP contribution in [0.4, 0.5) is 11.4 Å². The molecule has 0 unspecified atom stereocenters. The van der Waals surface area contributed by atoms with Crippen molar-refractivity contribution in [3.8, 4) is 0 Å². The summed E-state index contributed by atoms with van der Waals surface area (Å²) in [6, 6.07) is 13.7. The Labute approximate surface area is 208 Å². The van der Waals surface area contributed by atoms with E-state index in [9.17, 15) is 9.59 Å². The van der Waals surface area contributed by atoms with E-state index in [0.29, 0.717) is 17.7 Å². The maximum atomic E-state index is 11.5. The molecule has 0 saturated carbocycles. The first-order valence-corrected chi connectivity index (χ1v) is 11.7. The van der Waals surface area contributed by atoms with Gasteiger partial charge in [-0.25, -0.2) is 5.43 Å². The standard InChI is InChI=1S/C25H32N4O2.CH4O.CH2O/c1-3-4-5-20(2)27-26-17-23-16-25(11-8-22(23)19-31)29-14-12-28(13-15-29)24-9-6-21(18-30)7-10-24;2*1-2/h6-11,16,18-19,26-27H,2-5,12-15,17H2,1H3;2H,1H3;1H2. The number of hydrogen-bond donors (Lipinski definition) is 3. The van der Waals surface area contributed by atoms with Gasteiger partial charge in [0, 0.05) is 68.0 Å². The van der Waals surface area contributed by atoms with Crippen LogP contribution in [0.1, 0.15) is 52.5 Å². The number of allylic oxidation sites excluding steroid dienone is 1. The van der Waals surface area contributed by atoms with E-state index in [4.69, 9.17) is 9.90 Å². The van der Waals surface area contributed by atoms with E-state index < -0.39 is 0 Å². The first-order valence-electron chi connectivity index (χ1n) is 11.7. The second-order valence-corrected chi connectivity index (χ2v) is 7.87. The molecule has 3 rings (SSSR count). The van der Waals surface area contributed by atoms with Gasteiger partial charge in [-0.1, -0.05) is 19.9 Å². The van der Waals surface area contributed by atoms with Crippen LogP contribution in [0.25, 0.3) is 0 Å². The molecular weight excluding hydrogens is 444 g/mol. The highest BCUT2D eigenvalue weighted by Crippen LogP contribution is 2.23. The number of rotatable bonds is 11. The third kappa shape index (κ3) is 9.35. The molecule has 1 heterocycles. The maximum Gasteiger partial charge on any atom is 0.150 e. The number of nitrogens with one attached hydrogen (secondary N) is 2. The van der Waals surface area contributed by atoms with Crippen LogP contribution >= 0.6 is 0 Å². The molecule has 1 saturated heterocycles. The molecule has 190 valence electrons. The van der Waals surface area contributed by atoms with Gasteiger partial charge in [-0.15, -0.1) is 0 Å². The van der Waals surface area contributed by atoms with Crippen LogP contribution in [0.5, 0.6) is 0 Å². The molecule has 1 aliphatic rings. The summed E-state index contributed by atoms with van der Waals surface area (Å²) in [6.07, 6.45) is 4.96. The Morgan fingerprint density at radius 3 is 2.06 bits per heavy atom. The molecule has 0 atom stereocenters. The Morgan fingerprint density at radius 2 is 1.51 bits per heavy atom. The van der Waals surface area contributed by atoms with Crippen molar-refractivity contribution in [3.63, 3.8) is 0 Å². The normalized spacial score (nSPS) is 12.4. The number of piperazine rings is 1. The largest absolute Gasteiger partial charge is 0.400 e. The Hall–Kier alpha value is -3.49. The zero-order valence-corrected chi connectivity index (χ0v) is 20.8. The Kier molecular flexibility index (Phi) is 14.4. The summed E-state index contributed by atoms with van der Waals surface area (Å²) in [6.45, 7) is 12.3. The van der Waals surface area contributed by atoms with Gasteiger partial charge in [-0.2, -0.15) is 0 Å². The highest BCUT2D eigenvalue weighted by molar-refractivity contribution is 5.79. The first kappa shape index (κ1) is 29.5. The summed E-state index contributed by atoms with van der Waals surface area (Å²) >= 11 is 0. The average Bonchev–Trinajstić information content (AvgIpc) is 2.94. The molecule has 8 nitrogen and oxygen atoms in total. The number of unbranched alkanes of at least 4 members (excludes halogenated alkanes) is 1. The molecule has 2 aromatic carbocycles. The van der Waals surface area contributed by atoms with Gasteiger partial charge in [0.05, 0.1) is 0 Å². The highest BCUT2D eigenvalue weighted by atomic mass is 16.2. The molecule has 1 aliphatic heterocycles. The molecule has 3 N–H and O–H groups in total. The third-order valence-corrected chi connectivity index (χ3v) is 5.67. The lowest BCUT2D eigenvalue weighted by molar-refractivity contribution is -0.0980. The van der Waals surface area contributed by atoms with Crippen LogP contribution in [0.2, 0.25) is 0 Å². The molecule has 2 aromatic rings. The van der Waals surface area contributed by atoms with Crippen molar-refractivity contribution in [2.24, 2.45) is 0 Å². The van der Waals surface area contributed by atoms with E-state index >= 15 is 0 Å². The third-order valence-electron chi connectivity index (χ3n) is 5.67. The van der Waals surface area contributed by atoms with Gasteiger partial charge in [0.1, 0.15) is 19.4 Å². The molecule has 1 fully saturated rings. The van der Waals surface area contributed by atoms with E-state index in [-0.39, 0.29) is 0 Å². The quantitative estimate of drug-likeness (QED) is 0.331. The topological polar surface area (TPSA) is 102 Å². The van der Waals surface area contributed by atoms with Gasteiger partial charge in [0.2, 0.25) is 0 Å². The lowest BCUT2D eigenvalue weighted by Crippen LogP contribution is -2.46. The number of aliphatic hydroxyl groups excluding tert-OH is 1. The summed E-state index contributed by atoms with van der Waals surface area (Å²) in [7, 11) is 1.00. The second-order valence-electron chi connectivity index (χ2n) is 7.87. The van der Waals surface area contributed by atoms with Crippen LogP contribution in [0.15, 0.2) is 54.7 Å². The van der Waals surface area contributed by atoms with Gasteiger partial charge in [-0.3, -0.25) is 9.59 Å². The van der Waals surface area contributed by atoms with Crippen molar-refractivity contribution in [1.29, 1.82) is 0 Å². The van der Waals surface area contributed by atoms with E-state index in [1.54, 1.807) is 0 Å². The van der Waals surface area contributed by atoms with Crippen LogP contribution in [-0.4, -0.2) is 57.8 Å². The van der Waals surface area contributed by atoms with Gasteiger partial charge in [-0.05, 0) is 60.9 Å². The number of carbonyl (C=O) groups is 3. The van der Waals surface area contributed by atoms with Crippen molar-refractivity contribution in [3.05, 3.63) is 71.4 Å². The maximum absolute atomic E-state index is 11.5. The Bertz CT molecular complexity index is 910. The lowest BCUT2D eigenvalue weighted by Gasteiger charge is -2.37. The van der Waals surface area contributed by atoms with Crippen molar-refractivity contribution in [2.45, 2.75) is 32.7 Å². The summed E-state index contributed by atoms with van der Waals surface area (Å²) in [5.41, 5.74) is 11.9. The molecule has 0 bridgehead atoms. The van der Waals surface area contributed by atoms with Crippen LogP contribution in [0, 0.1) is 0 Å². The van der Waals surface area contributed by atoms with Crippen molar-refractivity contribution < 1.29 is 19.5 Å². The number of carbonyl (C=O) groups excluding carboxylic acids is 3. The first-order chi connectivity index (χ1) is 17.1. The summed E-state index contributed by atoms with van der Waals surface area (Å²) in [5, 5.41) is 7.00. The monoisotopic (exact) mass is 482 g/mol. The lowest BCUT2D eigenvalue weighted by atomic mass is 10.1. The number of anilines is 2. The van der Waals surface area contributed by atoms with Crippen LogP contribution < -0.4 is 20.7 Å². The van der Waals surface area contributed by atoms with Crippen LogP contribution in [0.3, 0.4) is 0 Å². The number of hydrazine groups is 1. The molecule has 0 aromatic heterocycles. The molecule has 0 aliphatic carbocycles. The fourth-order valence-corrected chi connectivity index (χ4v) is 3.76. The molecule has 0 spiro atoms. The molecule has 0 amide bonds. The number of aldehydes is 2. The highest BCUT2D eigenvalue weighted by Gasteiger charge is 2.18. The van der Waals surface area contributed by atoms with Crippen molar-refractivity contribution in [2.75, 3.05) is 43.1 Å². The Balaban J connectivity index is 0.00000145. The van der Waals surface area contributed by atoms with Crippen LogP contribution in [-0.2, 0) is 11.3 Å². The SMILES string of the molecule is C=C(CCCC)NNCc1cc(N2CCN(c3ccc(C=O)cc3)CC2)ccc1C=O.C=O.CO. The van der Waals surface area contributed by atoms with E-state index in [1.807, 2.05) is 43.2 Å². The minimum Gasteiger partial charge on any atom is -0.400 e. The van der Waals surface area contributed by atoms with E-state index in [0.717, 1.165) is 87.8 Å². The van der Waals surface area contributed by atoms with E-state index in [2.05, 4.69) is 40.2 Å². The summed E-state index contributed by atoms with van der Waals surface area (Å²) in [4.78, 5) is 35.0. The fraction of sp³-hybridized carbons (Fsp3) is 0.370. The predicted octanol–water partition coefficient (Wildman–Crippen LogP) is 3.36. The Morgan fingerprint density at radius 1 is 0.943 bits per heavy atom. The second kappa shape index (κ2) is 17.0. The summed E-state index contributed by atoms with van der Waals surface area (Å²) in [5.74, 6) is 0. The van der Waals surface area contributed by atoms with Crippen molar-refractivity contribution >= 4 is 30.7 Å².